The van der Waals surface area contributed by atoms with Crippen LogP contribution in [0.4, 0.5) is 5.82 Å². The van der Waals surface area contributed by atoms with Crippen molar-refractivity contribution in [1.29, 1.82) is 0 Å². The number of hydrogen-bond donors (Lipinski definition) is 1. The summed E-state index contributed by atoms with van der Waals surface area (Å²) in [5, 5.41) is 3.92. The summed E-state index contributed by atoms with van der Waals surface area (Å²) in [7, 11) is 0. The molecule has 0 spiro atoms. The number of ether oxygens (including phenoxy) is 1. The zero-order valence-corrected chi connectivity index (χ0v) is 12.7. The average molecular weight is 323 g/mol. The van der Waals surface area contributed by atoms with Crippen molar-refractivity contribution in [3.05, 3.63) is 46.8 Å². The van der Waals surface area contributed by atoms with Gasteiger partial charge in [0.1, 0.15) is 16.6 Å². The lowest BCUT2D eigenvalue weighted by Gasteiger charge is -2.10. The predicted molar refractivity (Wildman–Crippen MR) is 83.7 cm³/mol. The highest BCUT2D eigenvalue weighted by Crippen LogP contribution is 2.35. The fourth-order valence-electron chi connectivity index (χ4n) is 1.90. The van der Waals surface area contributed by atoms with Crippen molar-refractivity contribution in [2.75, 3.05) is 11.9 Å². The van der Waals surface area contributed by atoms with Crippen LogP contribution in [0.3, 0.4) is 0 Å². The van der Waals surface area contributed by atoms with Gasteiger partial charge in [0.15, 0.2) is 0 Å². The summed E-state index contributed by atoms with van der Waals surface area (Å²) < 4.78 is 7.63. The maximum absolute atomic E-state index is 6.14. The van der Waals surface area contributed by atoms with Crippen molar-refractivity contribution in [3.63, 3.8) is 0 Å². The Labute approximate surface area is 131 Å². The number of rotatable bonds is 4. The molecule has 0 amide bonds. The summed E-state index contributed by atoms with van der Waals surface area (Å²) in [4.78, 5) is 8.65. The number of nitrogens with one attached hydrogen (secondary N) is 1. The van der Waals surface area contributed by atoms with E-state index in [1.54, 1.807) is 24.4 Å². The fraction of sp³-hybridized carbons (Fsp3) is 0.143. The van der Waals surface area contributed by atoms with E-state index >= 15 is 0 Å². The molecule has 0 unspecified atom stereocenters. The van der Waals surface area contributed by atoms with Gasteiger partial charge in [-0.2, -0.15) is 4.98 Å². The molecule has 0 atom stereocenters. The van der Waals surface area contributed by atoms with Crippen molar-refractivity contribution in [2.24, 2.45) is 0 Å². The van der Waals surface area contributed by atoms with Gasteiger partial charge in [-0.1, -0.05) is 29.3 Å². The van der Waals surface area contributed by atoms with Gasteiger partial charge in [-0.25, -0.2) is 4.98 Å². The number of hydrogen-bond acceptors (Lipinski definition) is 4. The zero-order valence-electron chi connectivity index (χ0n) is 11.2. The quantitative estimate of drug-likeness (QED) is 0.779. The van der Waals surface area contributed by atoms with Gasteiger partial charge in [0.25, 0.3) is 5.88 Å². The highest BCUT2D eigenvalue weighted by molar-refractivity contribution is 6.42. The van der Waals surface area contributed by atoms with Crippen molar-refractivity contribution in [3.8, 4) is 11.6 Å². The van der Waals surface area contributed by atoms with E-state index in [9.17, 15) is 0 Å². The molecule has 7 heteroatoms. The molecule has 2 aromatic heterocycles. The van der Waals surface area contributed by atoms with Gasteiger partial charge in [-0.05, 0) is 19.1 Å². The SMILES string of the molecule is CCNc1cn2ccnc2c(Oc2cccc(Cl)c2Cl)n1. The van der Waals surface area contributed by atoms with Gasteiger partial charge >= 0.3 is 0 Å². The summed E-state index contributed by atoms with van der Waals surface area (Å²) in [5.41, 5.74) is 0.604. The van der Waals surface area contributed by atoms with E-state index in [1.807, 2.05) is 23.7 Å². The van der Waals surface area contributed by atoms with Crippen LogP contribution >= 0.6 is 23.2 Å². The van der Waals surface area contributed by atoms with Crippen molar-refractivity contribution >= 4 is 34.7 Å². The summed E-state index contributed by atoms with van der Waals surface area (Å²) in [6.07, 6.45) is 5.35. The Morgan fingerprint density at radius 2 is 2.19 bits per heavy atom. The minimum absolute atomic E-state index is 0.347. The van der Waals surface area contributed by atoms with Crippen LogP contribution in [0.5, 0.6) is 11.6 Å². The molecule has 5 nitrogen and oxygen atoms in total. The molecule has 0 aliphatic rings. The first-order chi connectivity index (χ1) is 10.2. The second-order valence-electron chi connectivity index (χ2n) is 4.27. The van der Waals surface area contributed by atoms with Gasteiger partial charge in [0.05, 0.1) is 11.2 Å². The largest absolute Gasteiger partial charge is 0.434 e. The lowest BCUT2D eigenvalue weighted by molar-refractivity contribution is 0.466. The highest BCUT2D eigenvalue weighted by atomic mass is 35.5. The smallest absolute Gasteiger partial charge is 0.265 e. The van der Waals surface area contributed by atoms with Crippen molar-refractivity contribution < 1.29 is 4.74 Å². The van der Waals surface area contributed by atoms with Crippen LogP contribution in [0.2, 0.25) is 10.0 Å². The normalized spacial score (nSPS) is 10.8. The van der Waals surface area contributed by atoms with Crippen LogP contribution in [-0.4, -0.2) is 20.9 Å². The van der Waals surface area contributed by atoms with Crippen LogP contribution < -0.4 is 10.1 Å². The van der Waals surface area contributed by atoms with Gasteiger partial charge in [0, 0.05) is 18.9 Å². The average Bonchev–Trinajstić information content (AvgIpc) is 2.93. The number of halogens is 2. The summed E-state index contributed by atoms with van der Waals surface area (Å²) in [5.74, 6) is 1.49. The lowest BCUT2D eigenvalue weighted by atomic mass is 10.3. The first-order valence-electron chi connectivity index (χ1n) is 6.38. The molecular formula is C14H12Cl2N4O. The molecule has 1 N–H and O–H groups in total. The Kier molecular flexibility index (Phi) is 3.86. The predicted octanol–water partition coefficient (Wildman–Crippen LogP) is 4.26. The summed E-state index contributed by atoms with van der Waals surface area (Å²) in [6, 6.07) is 5.19. The van der Waals surface area contributed by atoms with Crippen molar-refractivity contribution in [2.45, 2.75) is 6.92 Å². The molecule has 0 aliphatic carbocycles. The third-order valence-corrected chi connectivity index (χ3v) is 3.63. The van der Waals surface area contributed by atoms with Crippen LogP contribution in [0.1, 0.15) is 6.92 Å². The molecule has 0 saturated heterocycles. The minimum atomic E-state index is 0.347. The summed E-state index contributed by atoms with van der Waals surface area (Å²) in [6.45, 7) is 2.75. The molecule has 0 saturated carbocycles. The Morgan fingerprint density at radius 3 is 3.00 bits per heavy atom. The third-order valence-electron chi connectivity index (χ3n) is 2.82. The molecule has 21 heavy (non-hydrogen) atoms. The second-order valence-corrected chi connectivity index (χ2v) is 5.06. The Balaban J connectivity index is 2.06. The van der Waals surface area contributed by atoms with E-state index in [1.165, 1.54) is 0 Å². The van der Waals surface area contributed by atoms with Crippen molar-refractivity contribution in [1.82, 2.24) is 14.4 Å². The van der Waals surface area contributed by atoms with Gasteiger partial charge in [-0.15, -0.1) is 0 Å². The van der Waals surface area contributed by atoms with Gasteiger partial charge in [0.2, 0.25) is 5.65 Å². The Morgan fingerprint density at radius 1 is 1.33 bits per heavy atom. The van der Waals surface area contributed by atoms with E-state index in [0.29, 0.717) is 33.1 Å². The fourth-order valence-corrected chi connectivity index (χ4v) is 2.24. The minimum Gasteiger partial charge on any atom is -0.434 e. The maximum atomic E-state index is 6.14. The highest BCUT2D eigenvalue weighted by Gasteiger charge is 2.13. The topological polar surface area (TPSA) is 51.5 Å². The molecule has 0 aliphatic heterocycles. The van der Waals surface area contributed by atoms with Crippen LogP contribution in [0.15, 0.2) is 36.8 Å². The molecule has 3 rings (SSSR count). The Bertz CT molecular complexity index is 788. The first-order valence-corrected chi connectivity index (χ1v) is 7.14. The van der Waals surface area contributed by atoms with E-state index in [0.717, 1.165) is 6.54 Å². The number of fused-ring (bicyclic) bond motifs is 1. The standard InChI is InChI=1S/C14H12Cl2N4O/c1-2-17-11-8-20-7-6-18-13(20)14(19-11)21-10-5-3-4-9(15)12(10)16/h3-8,17H,2H2,1H3. The van der Waals surface area contributed by atoms with E-state index < -0.39 is 0 Å². The number of anilines is 1. The number of aromatic nitrogens is 3. The molecular weight excluding hydrogens is 311 g/mol. The first kappa shape index (κ1) is 14.0. The number of nitrogens with zero attached hydrogens (tertiary/aromatic N) is 3. The molecule has 0 bridgehead atoms. The van der Waals surface area contributed by atoms with Gasteiger partial charge in [-0.3, -0.25) is 4.40 Å². The molecule has 108 valence electrons. The van der Waals surface area contributed by atoms with Crippen LogP contribution in [-0.2, 0) is 0 Å². The van der Waals surface area contributed by atoms with Crippen LogP contribution in [0, 0.1) is 0 Å². The molecule has 2 heterocycles. The number of imidazole rings is 1. The van der Waals surface area contributed by atoms with Crippen LogP contribution in [0.25, 0.3) is 5.65 Å². The number of benzene rings is 1. The second kappa shape index (κ2) is 5.79. The lowest BCUT2D eigenvalue weighted by Crippen LogP contribution is -2.03. The van der Waals surface area contributed by atoms with E-state index in [2.05, 4.69) is 15.3 Å². The molecule has 0 fully saturated rings. The molecule has 3 aromatic rings. The molecule has 0 radical (unpaired) electrons. The monoisotopic (exact) mass is 322 g/mol. The summed E-state index contributed by atoms with van der Waals surface area (Å²) >= 11 is 12.1. The maximum Gasteiger partial charge on any atom is 0.265 e. The van der Waals surface area contributed by atoms with E-state index in [4.69, 9.17) is 27.9 Å². The van der Waals surface area contributed by atoms with Gasteiger partial charge < -0.3 is 10.1 Å². The Hall–Kier alpha value is -1.98. The zero-order chi connectivity index (χ0) is 14.8. The molecule has 1 aromatic carbocycles. The third kappa shape index (κ3) is 2.75. The van der Waals surface area contributed by atoms with E-state index in [-0.39, 0.29) is 0 Å².